The molecule has 3 N–H and O–H groups in total. The third-order valence-electron chi connectivity index (χ3n) is 3.08. The maximum Gasteiger partial charge on any atom is 0.252 e. The highest BCUT2D eigenvalue weighted by Gasteiger charge is 2.28. The van der Waals surface area contributed by atoms with Crippen molar-refractivity contribution in [3.63, 3.8) is 0 Å². The van der Waals surface area contributed by atoms with Gasteiger partial charge in [0.1, 0.15) is 0 Å². The highest BCUT2D eigenvalue weighted by molar-refractivity contribution is 9.10. The molecule has 0 spiro atoms. The van der Waals surface area contributed by atoms with E-state index in [1.54, 1.807) is 6.07 Å². The number of thiocarbonyl (C=S) groups is 1. The lowest BCUT2D eigenvalue weighted by Crippen LogP contribution is -2.54. The summed E-state index contributed by atoms with van der Waals surface area (Å²) in [5.41, 5.74) is 6.57. The lowest BCUT2D eigenvalue weighted by molar-refractivity contribution is 0.0926. The normalized spacial score (nSPS) is 13.8. The van der Waals surface area contributed by atoms with Crippen molar-refractivity contribution in [3.05, 3.63) is 33.8 Å². The Bertz CT molecular complexity index is 490. The van der Waals surface area contributed by atoms with Crippen LogP contribution in [-0.4, -0.2) is 16.4 Å². The van der Waals surface area contributed by atoms with Crippen molar-refractivity contribution in [1.29, 1.82) is 0 Å². The minimum atomic E-state index is -0.652. The highest BCUT2D eigenvalue weighted by Crippen LogP contribution is 2.18. The molecule has 1 aromatic rings. The number of nitrogens with one attached hydrogen (secondary N) is 1. The fourth-order valence-corrected chi connectivity index (χ4v) is 2.04. The van der Waals surface area contributed by atoms with E-state index in [4.69, 9.17) is 18.0 Å². The number of hydrogen-bond acceptors (Lipinski definition) is 2. The van der Waals surface area contributed by atoms with Crippen molar-refractivity contribution < 1.29 is 4.79 Å². The summed E-state index contributed by atoms with van der Waals surface area (Å²) >= 11 is 8.37. The molecule has 0 fully saturated rings. The Kier molecular flexibility index (Phi) is 4.87. The Labute approximate surface area is 121 Å². The predicted molar refractivity (Wildman–Crippen MR) is 81.8 cm³/mol. The van der Waals surface area contributed by atoms with Gasteiger partial charge in [-0.2, -0.15) is 0 Å². The summed E-state index contributed by atoms with van der Waals surface area (Å²) in [5.74, 6) is -0.161. The van der Waals surface area contributed by atoms with Crippen LogP contribution in [0.4, 0.5) is 0 Å². The lowest BCUT2D eigenvalue weighted by atomic mass is 9.97. The Morgan fingerprint density at radius 3 is 2.67 bits per heavy atom. The van der Waals surface area contributed by atoms with Crippen LogP contribution in [0.25, 0.3) is 0 Å². The van der Waals surface area contributed by atoms with Crippen molar-refractivity contribution in [2.24, 2.45) is 5.73 Å². The zero-order valence-electron chi connectivity index (χ0n) is 10.7. The molecular weight excluding hydrogens is 312 g/mol. The minimum absolute atomic E-state index is 0.161. The van der Waals surface area contributed by atoms with Crippen LogP contribution >= 0.6 is 28.1 Å². The summed E-state index contributed by atoms with van der Waals surface area (Å²) in [7, 11) is 0. The van der Waals surface area contributed by atoms with Gasteiger partial charge in [0.15, 0.2) is 0 Å². The van der Waals surface area contributed by atoms with E-state index in [1.807, 2.05) is 32.9 Å². The first-order valence-corrected chi connectivity index (χ1v) is 6.89. The van der Waals surface area contributed by atoms with Crippen molar-refractivity contribution in [2.75, 3.05) is 0 Å². The lowest BCUT2D eigenvalue weighted by Gasteiger charge is -2.28. The molecule has 1 aromatic carbocycles. The van der Waals surface area contributed by atoms with Gasteiger partial charge in [-0.1, -0.05) is 41.1 Å². The second-order valence-corrected chi connectivity index (χ2v) is 5.82. The summed E-state index contributed by atoms with van der Waals surface area (Å²) in [6.45, 7) is 5.67. The zero-order valence-corrected chi connectivity index (χ0v) is 13.1. The molecule has 1 unspecified atom stereocenters. The van der Waals surface area contributed by atoms with E-state index >= 15 is 0 Å². The van der Waals surface area contributed by atoms with Gasteiger partial charge in [-0.3, -0.25) is 4.79 Å². The second-order valence-electron chi connectivity index (χ2n) is 4.46. The Hall–Kier alpha value is -0.940. The van der Waals surface area contributed by atoms with Crippen LogP contribution < -0.4 is 11.1 Å². The van der Waals surface area contributed by atoms with Gasteiger partial charge < -0.3 is 11.1 Å². The molecule has 0 aliphatic carbocycles. The van der Waals surface area contributed by atoms with E-state index in [1.165, 1.54) is 0 Å². The monoisotopic (exact) mass is 328 g/mol. The first-order chi connectivity index (χ1) is 8.30. The fourth-order valence-electron chi connectivity index (χ4n) is 1.48. The standard InChI is InChI=1S/C13H17BrN2OS/c1-4-13(3,12(15)18)16-11(17)10-7-9(14)6-5-8(10)2/h5-7H,4H2,1-3H3,(H2,15,18)(H,16,17). The second kappa shape index (κ2) is 5.80. The van der Waals surface area contributed by atoms with E-state index in [9.17, 15) is 4.79 Å². The third kappa shape index (κ3) is 3.29. The maximum absolute atomic E-state index is 12.2. The fraction of sp³-hybridized carbons (Fsp3) is 0.385. The largest absolute Gasteiger partial charge is 0.391 e. The number of halogens is 1. The van der Waals surface area contributed by atoms with Crippen LogP contribution in [0.5, 0.6) is 0 Å². The summed E-state index contributed by atoms with van der Waals surface area (Å²) < 4.78 is 0.867. The molecule has 0 bridgehead atoms. The van der Waals surface area contributed by atoms with Crippen LogP contribution in [0.3, 0.4) is 0 Å². The van der Waals surface area contributed by atoms with Gasteiger partial charge in [-0.25, -0.2) is 0 Å². The molecule has 0 aliphatic rings. The van der Waals surface area contributed by atoms with Gasteiger partial charge in [0.2, 0.25) is 0 Å². The first kappa shape index (κ1) is 15.1. The van der Waals surface area contributed by atoms with Crippen molar-refractivity contribution >= 4 is 39.0 Å². The molecule has 1 amide bonds. The van der Waals surface area contributed by atoms with Crippen LogP contribution in [0.1, 0.15) is 36.2 Å². The number of nitrogens with two attached hydrogens (primary N) is 1. The van der Waals surface area contributed by atoms with Crippen molar-refractivity contribution in [3.8, 4) is 0 Å². The van der Waals surface area contributed by atoms with Crippen LogP contribution in [0, 0.1) is 6.92 Å². The minimum Gasteiger partial charge on any atom is -0.391 e. The van der Waals surface area contributed by atoms with E-state index in [2.05, 4.69) is 21.2 Å². The van der Waals surface area contributed by atoms with Crippen LogP contribution in [0.2, 0.25) is 0 Å². The van der Waals surface area contributed by atoms with Gasteiger partial charge in [0.05, 0.1) is 10.5 Å². The summed E-state index contributed by atoms with van der Waals surface area (Å²) in [5, 5.41) is 2.90. The van der Waals surface area contributed by atoms with Crippen molar-refractivity contribution in [2.45, 2.75) is 32.7 Å². The number of carbonyl (C=O) groups excluding carboxylic acids is 1. The number of benzene rings is 1. The number of aryl methyl sites for hydroxylation is 1. The molecular formula is C13H17BrN2OS. The van der Waals surface area contributed by atoms with E-state index in [0.29, 0.717) is 17.0 Å². The molecule has 0 aliphatic heterocycles. The first-order valence-electron chi connectivity index (χ1n) is 5.68. The van der Waals surface area contributed by atoms with Crippen LogP contribution in [0.15, 0.2) is 22.7 Å². The number of rotatable bonds is 4. The zero-order chi connectivity index (χ0) is 13.9. The van der Waals surface area contributed by atoms with Gasteiger partial charge in [0, 0.05) is 10.0 Å². The topological polar surface area (TPSA) is 55.1 Å². The molecule has 0 saturated carbocycles. The number of carbonyl (C=O) groups is 1. The average Bonchev–Trinajstić information content (AvgIpc) is 2.31. The molecule has 0 saturated heterocycles. The van der Waals surface area contributed by atoms with Gasteiger partial charge >= 0.3 is 0 Å². The van der Waals surface area contributed by atoms with Gasteiger partial charge in [-0.05, 0) is 38.0 Å². The molecule has 0 aromatic heterocycles. The summed E-state index contributed by atoms with van der Waals surface area (Å²) in [6.07, 6.45) is 0.654. The maximum atomic E-state index is 12.2. The van der Waals surface area contributed by atoms with Crippen LogP contribution in [-0.2, 0) is 0 Å². The number of hydrogen-bond donors (Lipinski definition) is 2. The molecule has 3 nitrogen and oxygen atoms in total. The molecule has 0 heterocycles. The highest BCUT2D eigenvalue weighted by atomic mass is 79.9. The summed E-state index contributed by atoms with van der Waals surface area (Å²) in [6, 6.07) is 5.59. The summed E-state index contributed by atoms with van der Waals surface area (Å²) in [4.78, 5) is 12.5. The smallest absolute Gasteiger partial charge is 0.252 e. The quantitative estimate of drug-likeness (QED) is 0.835. The predicted octanol–water partition coefficient (Wildman–Crippen LogP) is 2.94. The molecule has 1 atom stereocenters. The van der Waals surface area contributed by atoms with E-state index < -0.39 is 5.54 Å². The SMILES string of the molecule is CCC(C)(NC(=O)c1cc(Br)ccc1C)C(N)=S. The van der Waals surface area contributed by atoms with E-state index in [-0.39, 0.29) is 5.91 Å². The Morgan fingerprint density at radius 2 is 2.17 bits per heavy atom. The van der Waals surface area contributed by atoms with Crippen molar-refractivity contribution in [1.82, 2.24) is 5.32 Å². The molecule has 0 radical (unpaired) electrons. The van der Waals surface area contributed by atoms with E-state index in [0.717, 1.165) is 10.0 Å². The van der Waals surface area contributed by atoms with Gasteiger partial charge in [-0.15, -0.1) is 0 Å². The molecule has 5 heteroatoms. The Morgan fingerprint density at radius 1 is 1.56 bits per heavy atom. The number of amides is 1. The molecule has 98 valence electrons. The van der Waals surface area contributed by atoms with Gasteiger partial charge in [0.25, 0.3) is 5.91 Å². The third-order valence-corrected chi connectivity index (χ3v) is 4.03. The average molecular weight is 329 g/mol. The molecule has 18 heavy (non-hydrogen) atoms. The molecule has 1 rings (SSSR count). The Balaban J connectivity index is 3.02.